The minimum absolute atomic E-state index is 0.0177. The zero-order valence-electron chi connectivity index (χ0n) is 22.4. The summed E-state index contributed by atoms with van der Waals surface area (Å²) in [5.74, 6) is -0.638. The van der Waals surface area contributed by atoms with Crippen LogP contribution in [-0.4, -0.2) is 50.1 Å². The Bertz CT molecular complexity index is 1370. The number of hydrogen-bond acceptors (Lipinski definition) is 8. The molecule has 3 aromatic carbocycles. The molecule has 3 aromatic rings. The van der Waals surface area contributed by atoms with E-state index in [9.17, 15) is 19.2 Å². The molecule has 0 aliphatic rings. The first-order valence-corrected chi connectivity index (χ1v) is 13.3. The molecule has 2 amide bonds. The summed E-state index contributed by atoms with van der Waals surface area (Å²) in [5.41, 5.74) is 1.51. The number of Topliss-reactive ketones (excluding diaryl/α,β-unsaturated/α-hetero) is 1. The topological polar surface area (TPSA) is 120 Å². The minimum Gasteiger partial charge on any atom is -0.493 e. The Morgan fingerprint density at radius 1 is 0.875 bits per heavy atom. The summed E-state index contributed by atoms with van der Waals surface area (Å²) >= 11 is 1.28. The highest BCUT2D eigenvalue weighted by Crippen LogP contribution is 2.28. The minimum atomic E-state index is -0.539. The normalized spacial score (nSPS) is 10.8. The summed E-state index contributed by atoms with van der Waals surface area (Å²) < 4.78 is 15.4. The van der Waals surface area contributed by atoms with Gasteiger partial charge >= 0.3 is 5.97 Å². The fourth-order valence-electron chi connectivity index (χ4n) is 3.47. The van der Waals surface area contributed by atoms with Crippen LogP contribution in [-0.2, 0) is 19.1 Å². The molecule has 0 atom stereocenters. The van der Waals surface area contributed by atoms with Crippen LogP contribution >= 0.6 is 11.8 Å². The van der Waals surface area contributed by atoms with Crippen LogP contribution in [0.4, 0.5) is 5.69 Å². The van der Waals surface area contributed by atoms with Gasteiger partial charge in [-0.1, -0.05) is 24.3 Å². The van der Waals surface area contributed by atoms with Crippen LogP contribution in [0.3, 0.4) is 0 Å². The van der Waals surface area contributed by atoms with Crippen LogP contribution in [0.25, 0.3) is 6.08 Å². The first kappa shape index (κ1) is 30.0. The lowest BCUT2D eigenvalue weighted by molar-refractivity contribution is -0.145. The largest absolute Gasteiger partial charge is 0.493 e. The summed E-state index contributed by atoms with van der Waals surface area (Å²) in [5, 5.41) is 5.48. The summed E-state index contributed by atoms with van der Waals surface area (Å²) in [6.07, 6.45) is 1.27. The van der Waals surface area contributed by atoms with E-state index >= 15 is 0 Å². The maximum atomic E-state index is 13.3. The monoisotopic (exact) mass is 562 g/mol. The van der Waals surface area contributed by atoms with E-state index in [1.54, 1.807) is 79.7 Å². The second-order valence-corrected chi connectivity index (χ2v) is 9.33. The number of carbonyl (C=O) groups excluding carboxylic acids is 4. The van der Waals surface area contributed by atoms with E-state index in [1.165, 1.54) is 32.1 Å². The highest BCUT2D eigenvalue weighted by Gasteiger charge is 2.16. The fraction of sp³-hybridized carbons (Fsp3) is 0.200. The van der Waals surface area contributed by atoms with Gasteiger partial charge in [-0.05, 0) is 67.1 Å². The van der Waals surface area contributed by atoms with Crippen LogP contribution in [0.5, 0.6) is 11.5 Å². The van der Waals surface area contributed by atoms with E-state index in [1.807, 2.05) is 0 Å². The first-order valence-electron chi connectivity index (χ1n) is 12.3. The van der Waals surface area contributed by atoms with E-state index in [-0.39, 0.29) is 30.3 Å². The molecule has 0 spiro atoms. The molecule has 0 aromatic heterocycles. The molecule has 0 saturated carbocycles. The van der Waals surface area contributed by atoms with Gasteiger partial charge in [-0.15, -0.1) is 11.8 Å². The van der Waals surface area contributed by atoms with E-state index in [0.717, 1.165) is 4.90 Å². The Hall–Kier alpha value is -4.57. The second kappa shape index (κ2) is 15.1. The summed E-state index contributed by atoms with van der Waals surface area (Å²) in [6, 6.07) is 20.5. The standard InChI is InChI=1S/C30H30N2O7S/c1-4-39-28(34)18-23(33)19-40-24-13-11-22(12-14-24)31-30(36)25(32-29(35)21-8-6-5-7-9-21)16-20-10-15-26(37-2)27(17-20)38-3/h5-17H,4,18-19H2,1-3H3,(H,31,36)(H,32,35)/b25-16-. The Labute approximate surface area is 236 Å². The third-order valence-corrected chi connectivity index (χ3v) is 6.48. The molecular weight excluding hydrogens is 532 g/mol. The van der Waals surface area contributed by atoms with Gasteiger partial charge in [0.2, 0.25) is 0 Å². The van der Waals surface area contributed by atoms with E-state index in [0.29, 0.717) is 28.3 Å². The Morgan fingerprint density at radius 2 is 1.57 bits per heavy atom. The average molecular weight is 563 g/mol. The van der Waals surface area contributed by atoms with Gasteiger partial charge in [0.1, 0.15) is 12.1 Å². The van der Waals surface area contributed by atoms with Gasteiger partial charge in [-0.2, -0.15) is 0 Å². The number of benzene rings is 3. The van der Waals surface area contributed by atoms with Crippen LogP contribution in [0.1, 0.15) is 29.3 Å². The van der Waals surface area contributed by atoms with Gasteiger partial charge in [-0.3, -0.25) is 19.2 Å². The maximum absolute atomic E-state index is 13.3. The molecule has 40 heavy (non-hydrogen) atoms. The lowest BCUT2D eigenvalue weighted by atomic mass is 10.1. The molecule has 0 aliphatic carbocycles. The highest BCUT2D eigenvalue weighted by atomic mass is 32.2. The molecule has 0 fully saturated rings. The fourth-order valence-corrected chi connectivity index (χ4v) is 4.23. The van der Waals surface area contributed by atoms with Crippen LogP contribution in [0, 0.1) is 0 Å². The van der Waals surface area contributed by atoms with Crippen molar-refractivity contribution in [3.05, 3.63) is 89.6 Å². The molecular formula is C30H30N2O7S. The van der Waals surface area contributed by atoms with Crippen molar-refractivity contribution in [1.29, 1.82) is 0 Å². The van der Waals surface area contributed by atoms with Gasteiger partial charge in [0.05, 0.1) is 26.6 Å². The van der Waals surface area contributed by atoms with Gasteiger partial charge in [0.25, 0.3) is 11.8 Å². The van der Waals surface area contributed by atoms with Crippen molar-refractivity contribution < 1.29 is 33.4 Å². The Balaban J connectivity index is 1.74. The molecule has 9 nitrogen and oxygen atoms in total. The first-order chi connectivity index (χ1) is 19.3. The SMILES string of the molecule is CCOC(=O)CC(=O)CSc1ccc(NC(=O)/C(=C/c2ccc(OC)c(OC)c2)NC(=O)c2ccccc2)cc1. The van der Waals surface area contributed by atoms with Crippen LogP contribution in [0.15, 0.2) is 83.4 Å². The van der Waals surface area contributed by atoms with Crippen LogP contribution in [0.2, 0.25) is 0 Å². The molecule has 10 heteroatoms. The average Bonchev–Trinajstić information content (AvgIpc) is 2.96. The number of hydrogen-bond donors (Lipinski definition) is 2. The van der Waals surface area contributed by atoms with E-state index < -0.39 is 17.8 Å². The summed E-state index contributed by atoms with van der Waals surface area (Å²) in [4.78, 5) is 50.4. The van der Waals surface area contributed by atoms with Gasteiger partial charge in [0.15, 0.2) is 17.3 Å². The molecule has 0 bridgehead atoms. The second-order valence-electron chi connectivity index (χ2n) is 8.28. The predicted molar refractivity (Wildman–Crippen MR) is 153 cm³/mol. The van der Waals surface area contributed by atoms with Crippen molar-refractivity contribution in [3.8, 4) is 11.5 Å². The number of rotatable bonds is 13. The van der Waals surface area contributed by atoms with E-state index in [2.05, 4.69) is 10.6 Å². The summed E-state index contributed by atoms with van der Waals surface area (Å²) in [6.45, 7) is 1.91. The van der Waals surface area contributed by atoms with Crippen molar-refractivity contribution >= 4 is 47.1 Å². The predicted octanol–water partition coefficient (Wildman–Crippen LogP) is 4.73. The maximum Gasteiger partial charge on any atom is 0.313 e. The molecule has 2 N–H and O–H groups in total. The summed E-state index contributed by atoms with van der Waals surface area (Å²) in [7, 11) is 3.03. The number of methoxy groups -OCH3 is 2. The van der Waals surface area contributed by atoms with Crippen molar-refractivity contribution in [3.63, 3.8) is 0 Å². The molecule has 3 rings (SSSR count). The lowest BCUT2D eigenvalue weighted by Gasteiger charge is -2.13. The smallest absolute Gasteiger partial charge is 0.313 e. The number of esters is 1. The molecule has 0 radical (unpaired) electrons. The quantitative estimate of drug-likeness (QED) is 0.133. The van der Waals surface area contributed by atoms with Crippen molar-refractivity contribution in [2.45, 2.75) is 18.2 Å². The Kier molecular flexibility index (Phi) is 11.3. The Morgan fingerprint density at radius 3 is 2.23 bits per heavy atom. The zero-order valence-corrected chi connectivity index (χ0v) is 23.2. The van der Waals surface area contributed by atoms with Crippen molar-refractivity contribution in [2.24, 2.45) is 0 Å². The molecule has 0 saturated heterocycles. The number of carbonyl (C=O) groups is 4. The molecule has 0 heterocycles. The van der Waals surface area contributed by atoms with Gasteiger partial charge in [-0.25, -0.2) is 0 Å². The lowest BCUT2D eigenvalue weighted by Crippen LogP contribution is -2.30. The zero-order chi connectivity index (χ0) is 28.9. The molecule has 0 aliphatic heterocycles. The molecule has 208 valence electrons. The van der Waals surface area contributed by atoms with E-state index in [4.69, 9.17) is 14.2 Å². The van der Waals surface area contributed by atoms with Gasteiger partial charge < -0.3 is 24.8 Å². The highest BCUT2D eigenvalue weighted by molar-refractivity contribution is 8.00. The number of nitrogens with one attached hydrogen (secondary N) is 2. The number of anilines is 1. The van der Waals surface area contributed by atoms with Crippen LogP contribution < -0.4 is 20.1 Å². The third kappa shape index (κ3) is 9.02. The van der Waals surface area contributed by atoms with Crippen molar-refractivity contribution in [1.82, 2.24) is 5.32 Å². The van der Waals surface area contributed by atoms with Gasteiger partial charge in [0, 0.05) is 16.1 Å². The van der Waals surface area contributed by atoms with Crippen molar-refractivity contribution in [2.75, 3.05) is 31.9 Å². The number of amides is 2. The third-order valence-electron chi connectivity index (χ3n) is 5.41. The number of ether oxygens (including phenoxy) is 3. The molecule has 0 unspecified atom stereocenters. The number of thioether (sulfide) groups is 1. The number of ketones is 1.